The lowest BCUT2D eigenvalue weighted by molar-refractivity contribution is -0.114. The minimum absolute atomic E-state index is 0.220. The molecule has 0 aliphatic heterocycles. The number of benzene rings is 1. The Labute approximate surface area is 134 Å². The van der Waals surface area contributed by atoms with E-state index >= 15 is 0 Å². The highest BCUT2D eigenvalue weighted by atomic mass is 32.1. The van der Waals surface area contributed by atoms with E-state index in [1.54, 1.807) is 18.5 Å². The molecule has 0 bridgehead atoms. The molecule has 9 heteroatoms. The predicted octanol–water partition coefficient (Wildman–Crippen LogP) is 3.26. The summed E-state index contributed by atoms with van der Waals surface area (Å²) < 4.78 is 27.3. The molecule has 0 aliphatic rings. The highest BCUT2D eigenvalue weighted by Crippen LogP contribution is 2.24. The van der Waals surface area contributed by atoms with Crippen LogP contribution in [0.2, 0.25) is 0 Å². The van der Waals surface area contributed by atoms with Gasteiger partial charge in [0, 0.05) is 24.6 Å². The fourth-order valence-electron chi connectivity index (χ4n) is 1.80. The zero-order chi connectivity index (χ0) is 17.0. The summed E-state index contributed by atoms with van der Waals surface area (Å²) >= 11 is 1.37. The topological polar surface area (TPSA) is 83.1 Å². The van der Waals surface area contributed by atoms with Crippen molar-refractivity contribution in [3.8, 4) is 0 Å². The number of nitrogens with one attached hydrogen (secondary N) is 3. The first-order chi connectivity index (χ1) is 10.9. The molecule has 2 rings (SSSR count). The van der Waals surface area contributed by atoms with Gasteiger partial charge < -0.3 is 16.0 Å². The number of hydrogen-bond acceptors (Lipinski definition) is 4. The van der Waals surface area contributed by atoms with Crippen molar-refractivity contribution in [2.75, 3.05) is 10.6 Å². The third-order valence-corrected chi connectivity index (χ3v) is 3.74. The van der Waals surface area contributed by atoms with Gasteiger partial charge in [-0.25, -0.2) is 18.6 Å². The Kier molecular flexibility index (Phi) is 5.22. The number of hydrogen-bond donors (Lipinski definition) is 3. The molecule has 0 spiro atoms. The molecule has 0 aliphatic carbocycles. The Hall–Kier alpha value is -2.55. The molecule has 3 amide bonds. The van der Waals surface area contributed by atoms with E-state index in [0.717, 1.165) is 6.07 Å². The molecule has 0 fully saturated rings. The third-order valence-electron chi connectivity index (χ3n) is 2.79. The van der Waals surface area contributed by atoms with Crippen molar-refractivity contribution in [3.63, 3.8) is 0 Å². The van der Waals surface area contributed by atoms with Gasteiger partial charge in [-0.05, 0) is 13.0 Å². The average Bonchev–Trinajstić information content (AvgIpc) is 2.97. The molecule has 0 radical (unpaired) electrons. The van der Waals surface area contributed by atoms with Gasteiger partial charge in [-0.2, -0.15) is 0 Å². The summed E-state index contributed by atoms with van der Waals surface area (Å²) in [6.45, 7) is 2.92. The second kappa shape index (κ2) is 7.14. The smallest absolute Gasteiger partial charge is 0.319 e. The lowest BCUT2D eigenvalue weighted by Crippen LogP contribution is -2.31. The van der Waals surface area contributed by atoms with Crippen LogP contribution in [0.3, 0.4) is 0 Å². The number of carbonyl (C=O) groups is 2. The Morgan fingerprint density at radius 1 is 1.17 bits per heavy atom. The Morgan fingerprint density at radius 2 is 1.83 bits per heavy atom. The fourth-order valence-corrected chi connectivity index (χ4v) is 2.44. The number of nitrogens with zero attached hydrogens (tertiary/aromatic N) is 1. The summed E-state index contributed by atoms with van der Waals surface area (Å²) in [6, 6.07) is 0.561. The first-order valence-electron chi connectivity index (χ1n) is 6.60. The van der Waals surface area contributed by atoms with Gasteiger partial charge in [-0.1, -0.05) is 0 Å². The lowest BCUT2D eigenvalue weighted by atomic mass is 10.2. The highest BCUT2D eigenvalue weighted by Gasteiger charge is 2.15. The zero-order valence-corrected chi connectivity index (χ0v) is 13.1. The van der Waals surface area contributed by atoms with E-state index in [-0.39, 0.29) is 17.4 Å². The molecule has 0 saturated heterocycles. The van der Waals surface area contributed by atoms with Gasteiger partial charge in [0.15, 0.2) is 0 Å². The maximum absolute atomic E-state index is 13.7. The SMILES string of the molecule is CC(=O)Nc1cc(NC(=O)N[C@@H](C)c2nccs2)c(F)cc1F. The number of rotatable bonds is 4. The molecule has 1 atom stereocenters. The lowest BCUT2D eigenvalue weighted by Gasteiger charge is -2.14. The summed E-state index contributed by atoms with van der Waals surface area (Å²) in [4.78, 5) is 26.9. The second-order valence-corrected chi connectivity index (χ2v) is 5.61. The van der Waals surface area contributed by atoms with Crippen molar-refractivity contribution in [3.05, 3.63) is 40.4 Å². The minimum Gasteiger partial charge on any atom is -0.329 e. The normalized spacial score (nSPS) is 11.7. The van der Waals surface area contributed by atoms with Crippen LogP contribution in [0.25, 0.3) is 0 Å². The molecule has 2 aromatic rings. The van der Waals surface area contributed by atoms with Crippen LogP contribution < -0.4 is 16.0 Å². The van der Waals surface area contributed by atoms with Crippen LogP contribution >= 0.6 is 11.3 Å². The number of anilines is 2. The zero-order valence-electron chi connectivity index (χ0n) is 12.3. The first kappa shape index (κ1) is 16.8. The van der Waals surface area contributed by atoms with Crippen LogP contribution in [0.1, 0.15) is 24.9 Å². The molecule has 0 saturated carbocycles. The highest BCUT2D eigenvalue weighted by molar-refractivity contribution is 7.09. The van der Waals surface area contributed by atoms with Crippen molar-refractivity contribution < 1.29 is 18.4 Å². The van der Waals surface area contributed by atoms with Gasteiger partial charge in [0.1, 0.15) is 16.6 Å². The molecular formula is C14H14F2N4O2S. The standard InChI is InChI=1S/C14H14F2N4O2S/c1-7(13-17-3-4-23-13)18-14(22)20-12-6-11(19-8(2)21)9(15)5-10(12)16/h3-7H,1-2H3,(H,19,21)(H2,18,20,22)/t7-/m0/s1. The van der Waals surface area contributed by atoms with Crippen molar-refractivity contribution in [1.29, 1.82) is 0 Å². The van der Waals surface area contributed by atoms with Crippen molar-refractivity contribution >= 4 is 34.6 Å². The van der Waals surface area contributed by atoms with Gasteiger partial charge in [0.2, 0.25) is 5.91 Å². The van der Waals surface area contributed by atoms with Crippen LogP contribution in [-0.4, -0.2) is 16.9 Å². The molecular weight excluding hydrogens is 326 g/mol. The Balaban J connectivity index is 2.09. The van der Waals surface area contributed by atoms with Crippen molar-refractivity contribution in [2.24, 2.45) is 0 Å². The monoisotopic (exact) mass is 340 g/mol. The molecule has 3 N–H and O–H groups in total. The number of aromatic nitrogens is 1. The fraction of sp³-hybridized carbons (Fsp3) is 0.214. The van der Waals surface area contributed by atoms with E-state index in [4.69, 9.17) is 0 Å². The van der Waals surface area contributed by atoms with Crippen LogP contribution in [-0.2, 0) is 4.79 Å². The van der Waals surface area contributed by atoms with Gasteiger partial charge in [-0.3, -0.25) is 4.79 Å². The van der Waals surface area contributed by atoms with Crippen LogP contribution in [0.4, 0.5) is 25.0 Å². The maximum atomic E-state index is 13.7. The van der Waals surface area contributed by atoms with Gasteiger partial charge >= 0.3 is 6.03 Å². The number of thiazole rings is 1. The molecule has 1 aromatic heterocycles. The van der Waals surface area contributed by atoms with E-state index in [1.165, 1.54) is 18.3 Å². The number of halogens is 2. The van der Waals surface area contributed by atoms with Gasteiger partial charge in [0.25, 0.3) is 0 Å². The summed E-state index contributed by atoms with van der Waals surface area (Å²) in [5.74, 6) is -2.39. The number of amides is 3. The second-order valence-electron chi connectivity index (χ2n) is 4.68. The molecule has 23 heavy (non-hydrogen) atoms. The summed E-state index contributed by atoms with van der Waals surface area (Å²) in [5, 5.41) is 9.54. The summed E-state index contributed by atoms with van der Waals surface area (Å²) in [7, 11) is 0. The van der Waals surface area contributed by atoms with E-state index in [9.17, 15) is 18.4 Å². The molecule has 122 valence electrons. The van der Waals surface area contributed by atoms with Crippen LogP contribution in [0, 0.1) is 11.6 Å². The van der Waals surface area contributed by atoms with Crippen molar-refractivity contribution in [2.45, 2.75) is 19.9 Å². The summed E-state index contributed by atoms with van der Waals surface area (Å²) in [5.41, 5.74) is -0.471. The van der Waals surface area contributed by atoms with Gasteiger partial charge in [0.05, 0.1) is 17.4 Å². The van der Waals surface area contributed by atoms with Gasteiger partial charge in [-0.15, -0.1) is 11.3 Å². The predicted molar refractivity (Wildman–Crippen MR) is 83.3 cm³/mol. The van der Waals surface area contributed by atoms with Crippen molar-refractivity contribution in [1.82, 2.24) is 10.3 Å². The summed E-state index contributed by atoms with van der Waals surface area (Å²) in [6.07, 6.45) is 1.61. The first-order valence-corrected chi connectivity index (χ1v) is 7.48. The number of urea groups is 1. The molecule has 1 aromatic carbocycles. The molecule has 0 unspecified atom stereocenters. The minimum atomic E-state index is -0.950. The largest absolute Gasteiger partial charge is 0.329 e. The Bertz CT molecular complexity index is 722. The molecule has 6 nitrogen and oxygen atoms in total. The maximum Gasteiger partial charge on any atom is 0.319 e. The number of carbonyl (C=O) groups excluding carboxylic acids is 2. The van der Waals surface area contributed by atoms with Crippen LogP contribution in [0.5, 0.6) is 0 Å². The van der Waals surface area contributed by atoms with E-state index in [0.29, 0.717) is 11.1 Å². The van der Waals surface area contributed by atoms with E-state index < -0.39 is 23.6 Å². The van der Waals surface area contributed by atoms with E-state index in [2.05, 4.69) is 20.9 Å². The average molecular weight is 340 g/mol. The Morgan fingerprint density at radius 3 is 2.39 bits per heavy atom. The molecule has 1 heterocycles. The quantitative estimate of drug-likeness (QED) is 0.799. The van der Waals surface area contributed by atoms with Crippen LogP contribution in [0.15, 0.2) is 23.7 Å². The third kappa shape index (κ3) is 4.46. The van der Waals surface area contributed by atoms with E-state index in [1.807, 2.05) is 0 Å².